The van der Waals surface area contributed by atoms with Gasteiger partial charge in [-0.15, -0.1) is 0 Å². The molecule has 0 bridgehead atoms. The first-order valence-corrected chi connectivity index (χ1v) is 6.62. The van der Waals surface area contributed by atoms with Gasteiger partial charge in [0.1, 0.15) is 18.4 Å². The summed E-state index contributed by atoms with van der Waals surface area (Å²) in [7, 11) is 0. The van der Waals surface area contributed by atoms with Gasteiger partial charge >= 0.3 is 0 Å². The standard InChI is InChI=1S/C16H19N3O/c1-16(2,3)15(20)14(19-12-17-11-18-19)10-9-13-7-5-4-6-8-13/h4-8,10-12H,9H2,1-3H3. The number of hydrogen-bond acceptors (Lipinski definition) is 3. The zero-order valence-electron chi connectivity index (χ0n) is 12.1. The summed E-state index contributed by atoms with van der Waals surface area (Å²) in [6, 6.07) is 10.0. The van der Waals surface area contributed by atoms with E-state index in [-0.39, 0.29) is 5.78 Å². The van der Waals surface area contributed by atoms with E-state index < -0.39 is 5.41 Å². The van der Waals surface area contributed by atoms with E-state index in [4.69, 9.17) is 0 Å². The largest absolute Gasteiger partial charge is 0.292 e. The Morgan fingerprint density at radius 2 is 1.95 bits per heavy atom. The second kappa shape index (κ2) is 5.82. The molecular formula is C16H19N3O. The molecule has 4 nitrogen and oxygen atoms in total. The molecule has 20 heavy (non-hydrogen) atoms. The molecule has 0 radical (unpaired) electrons. The van der Waals surface area contributed by atoms with Gasteiger partial charge in [0, 0.05) is 5.41 Å². The van der Waals surface area contributed by atoms with Gasteiger partial charge in [-0.2, -0.15) is 5.10 Å². The normalized spacial score (nSPS) is 12.4. The SMILES string of the molecule is CC(C)(C)C(=O)C(=CCc1ccccc1)n1cncn1. The molecule has 1 aromatic carbocycles. The topological polar surface area (TPSA) is 47.8 Å². The lowest BCUT2D eigenvalue weighted by atomic mass is 9.88. The van der Waals surface area contributed by atoms with Crippen LogP contribution in [0.1, 0.15) is 26.3 Å². The van der Waals surface area contributed by atoms with E-state index in [1.807, 2.05) is 57.2 Å². The van der Waals surface area contributed by atoms with Gasteiger partial charge in [-0.05, 0) is 12.0 Å². The predicted octanol–water partition coefficient (Wildman–Crippen LogP) is 2.98. The number of benzene rings is 1. The highest BCUT2D eigenvalue weighted by molar-refractivity contribution is 6.17. The van der Waals surface area contributed by atoms with Crippen LogP contribution < -0.4 is 0 Å². The van der Waals surface area contributed by atoms with E-state index in [1.54, 1.807) is 6.33 Å². The lowest BCUT2D eigenvalue weighted by Gasteiger charge is -2.18. The molecule has 0 aliphatic rings. The third-order valence-electron chi connectivity index (χ3n) is 2.95. The van der Waals surface area contributed by atoms with Crippen molar-refractivity contribution in [2.75, 3.05) is 0 Å². The number of allylic oxidation sites excluding steroid dienone is 2. The maximum atomic E-state index is 12.5. The number of Topliss-reactive ketones (excluding diaryl/α,β-unsaturated/α-hetero) is 1. The Balaban J connectivity index is 2.30. The van der Waals surface area contributed by atoms with E-state index in [0.29, 0.717) is 12.1 Å². The predicted molar refractivity (Wildman–Crippen MR) is 78.9 cm³/mol. The van der Waals surface area contributed by atoms with Crippen LogP contribution in [0, 0.1) is 5.41 Å². The van der Waals surface area contributed by atoms with Crippen molar-refractivity contribution in [3.63, 3.8) is 0 Å². The van der Waals surface area contributed by atoms with Crippen LogP contribution in [0.25, 0.3) is 5.70 Å². The van der Waals surface area contributed by atoms with Gasteiger partial charge in [-0.25, -0.2) is 9.67 Å². The molecule has 0 saturated heterocycles. The third kappa shape index (κ3) is 3.41. The molecule has 0 aliphatic heterocycles. The average molecular weight is 269 g/mol. The number of ketones is 1. The van der Waals surface area contributed by atoms with E-state index in [0.717, 1.165) is 5.56 Å². The minimum atomic E-state index is -0.450. The molecule has 0 atom stereocenters. The summed E-state index contributed by atoms with van der Waals surface area (Å²) in [5.74, 6) is 0.0546. The number of nitrogens with zero attached hydrogens (tertiary/aromatic N) is 3. The van der Waals surface area contributed by atoms with Crippen LogP contribution in [-0.2, 0) is 11.2 Å². The van der Waals surface area contributed by atoms with Gasteiger partial charge in [0.15, 0.2) is 5.78 Å². The Labute approximate surface area is 119 Å². The molecule has 2 aromatic rings. The Kier molecular flexibility index (Phi) is 4.13. The highest BCUT2D eigenvalue weighted by atomic mass is 16.1. The van der Waals surface area contributed by atoms with E-state index in [1.165, 1.54) is 11.0 Å². The van der Waals surface area contributed by atoms with Gasteiger partial charge in [0.05, 0.1) is 0 Å². The molecule has 0 aliphatic carbocycles. The van der Waals surface area contributed by atoms with Gasteiger partial charge in [-0.3, -0.25) is 4.79 Å². The number of carbonyl (C=O) groups excluding carboxylic acids is 1. The quantitative estimate of drug-likeness (QED) is 0.802. The fraction of sp³-hybridized carbons (Fsp3) is 0.312. The Bertz CT molecular complexity index is 592. The number of aromatic nitrogens is 3. The molecule has 0 unspecified atom stereocenters. The Morgan fingerprint density at radius 3 is 2.50 bits per heavy atom. The van der Waals surface area contributed by atoms with Crippen LogP contribution in [0.15, 0.2) is 49.1 Å². The molecule has 104 valence electrons. The molecule has 0 amide bonds. The van der Waals surface area contributed by atoms with E-state index >= 15 is 0 Å². The summed E-state index contributed by atoms with van der Waals surface area (Å²) in [6.45, 7) is 5.72. The van der Waals surface area contributed by atoms with Crippen molar-refractivity contribution in [3.05, 3.63) is 54.6 Å². The van der Waals surface area contributed by atoms with Crippen LogP contribution in [0.2, 0.25) is 0 Å². The first kappa shape index (κ1) is 14.2. The van der Waals surface area contributed by atoms with E-state index in [2.05, 4.69) is 10.1 Å². The zero-order chi connectivity index (χ0) is 14.6. The highest BCUT2D eigenvalue weighted by Crippen LogP contribution is 2.22. The maximum absolute atomic E-state index is 12.5. The first-order valence-electron chi connectivity index (χ1n) is 6.62. The van der Waals surface area contributed by atoms with Gasteiger partial charge in [-0.1, -0.05) is 57.2 Å². The van der Waals surface area contributed by atoms with E-state index in [9.17, 15) is 4.79 Å². The summed E-state index contributed by atoms with van der Waals surface area (Å²) < 4.78 is 1.54. The van der Waals surface area contributed by atoms with Gasteiger partial charge in [0.2, 0.25) is 0 Å². The summed E-state index contributed by atoms with van der Waals surface area (Å²) in [5.41, 5.74) is 1.28. The van der Waals surface area contributed by atoms with Crippen LogP contribution >= 0.6 is 0 Å². The summed E-state index contributed by atoms with van der Waals surface area (Å²) in [6.07, 6.45) is 5.60. The highest BCUT2D eigenvalue weighted by Gasteiger charge is 2.26. The molecule has 4 heteroatoms. The fourth-order valence-corrected chi connectivity index (χ4v) is 1.84. The van der Waals surface area contributed by atoms with Crippen LogP contribution in [0.4, 0.5) is 0 Å². The molecule has 0 fully saturated rings. The smallest absolute Gasteiger partial charge is 0.186 e. The second-order valence-corrected chi connectivity index (χ2v) is 5.70. The van der Waals surface area contributed by atoms with Crippen molar-refractivity contribution >= 4 is 11.5 Å². The maximum Gasteiger partial charge on any atom is 0.186 e. The lowest BCUT2D eigenvalue weighted by molar-refractivity contribution is -0.120. The Hall–Kier alpha value is -2.23. The average Bonchev–Trinajstić information content (AvgIpc) is 2.93. The van der Waals surface area contributed by atoms with Crippen LogP contribution in [0.5, 0.6) is 0 Å². The first-order chi connectivity index (χ1) is 9.48. The van der Waals surface area contributed by atoms with Crippen LogP contribution in [-0.4, -0.2) is 20.5 Å². The zero-order valence-corrected chi connectivity index (χ0v) is 12.1. The van der Waals surface area contributed by atoms with Crippen molar-refractivity contribution in [2.24, 2.45) is 5.41 Å². The summed E-state index contributed by atoms with van der Waals surface area (Å²) in [5, 5.41) is 4.08. The molecule has 1 aromatic heterocycles. The molecule has 0 N–H and O–H groups in total. The van der Waals surface area contributed by atoms with Crippen molar-refractivity contribution < 1.29 is 4.79 Å². The van der Waals surface area contributed by atoms with Gasteiger partial charge < -0.3 is 0 Å². The lowest BCUT2D eigenvalue weighted by Crippen LogP contribution is -2.24. The minimum absolute atomic E-state index is 0.0546. The van der Waals surface area contributed by atoms with Crippen LogP contribution in [0.3, 0.4) is 0 Å². The minimum Gasteiger partial charge on any atom is -0.292 e. The van der Waals surface area contributed by atoms with Crippen molar-refractivity contribution in [3.8, 4) is 0 Å². The number of hydrogen-bond donors (Lipinski definition) is 0. The van der Waals surface area contributed by atoms with Gasteiger partial charge in [0.25, 0.3) is 0 Å². The van der Waals surface area contributed by atoms with Crippen molar-refractivity contribution in [1.82, 2.24) is 14.8 Å². The molecule has 2 rings (SSSR count). The molecule has 0 spiro atoms. The molecular weight excluding hydrogens is 250 g/mol. The van der Waals surface area contributed by atoms with Crippen molar-refractivity contribution in [2.45, 2.75) is 27.2 Å². The summed E-state index contributed by atoms with van der Waals surface area (Å²) >= 11 is 0. The summed E-state index contributed by atoms with van der Waals surface area (Å²) in [4.78, 5) is 16.4. The number of carbonyl (C=O) groups is 1. The molecule has 0 saturated carbocycles. The monoisotopic (exact) mass is 269 g/mol. The number of rotatable bonds is 4. The second-order valence-electron chi connectivity index (χ2n) is 5.70. The Morgan fingerprint density at radius 1 is 1.25 bits per heavy atom. The fourth-order valence-electron chi connectivity index (χ4n) is 1.84. The van der Waals surface area contributed by atoms with Crippen molar-refractivity contribution in [1.29, 1.82) is 0 Å². The molecule has 1 heterocycles. The third-order valence-corrected chi connectivity index (χ3v) is 2.95.